The standard InChI is InChI=1S/C14H12ClN5/c15-13-6-2-1-5-12(13)14-18-10-19-20(14)9-11(8-17)4-3-7-16/h1-2,5-6,10-11H,3-4,9H2/t11-/m1/s1. The highest BCUT2D eigenvalue weighted by molar-refractivity contribution is 6.33. The van der Waals surface area contributed by atoms with Crippen LogP contribution < -0.4 is 0 Å². The maximum atomic E-state index is 9.12. The molecule has 1 atom stereocenters. The molecule has 0 amide bonds. The lowest BCUT2D eigenvalue weighted by Gasteiger charge is -2.10. The number of rotatable bonds is 5. The summed E-state index contributed by atoms with van der Waals surface area (Å²) >= 11 is 6.15. The predicted molar refractivity (Wildman–Crippen MR) is 74.4 cm³/mol. The fourth-order valence-electron chi connectivity index (χ4n) is 1.89. The molecule has 0 bridgehead atoms. The molecule has 2 aromatic rings. The molecular formula is C14H12ClN5. The van der Waals surface area contributed by atoms with E-state index in [-0.39, 0.29) is 5.92 Å². The number of aromatic nitrogens is 3. The van der Waals surface area contributed by atoms with Crippen molar-refractivity contribution in [2.24, 2.45) is 5.92 Å². The van der Waals surface area contributed by atoms with Crippen molar-refractivity contribution in [2.45, 2.75) is 19.4 Å². The zero-order valence-electron chi connectivity index (χ0n) is 10.7. The molecule has 0 unspecified atom stereocenters. The van der Waals surface area contributed by atoms with Gasteiger partial charge in [0.1, 0.15) is 6.33 Å². The quantitative estimate of drug-likeness (QED) is 0.846. The fraction of sp³-hybridized carbons (Fsp3) is 0.286. The van der Waals surface area contributed by atoms with Gasteiger partial charge in [-0.15, -0.1) is 0 Å². The Morgan fingerprint density at radius 3 is 2.80 bits per heavy atom. The summed E-state index contributed by atoms with van der Waals surface area (Å²) in [6.07, 6.45) is 2.32. The van der Waals surface area contributed by atoms with Crippen molar-refractivity contribution in [3.63, 3.8) is 0 Å². The van der Waals surface area contributed by atoms with Gasteiger partial charge in [-0.2, -0.15) is 15.6 Å². The van der Waals surface area contributed by atoms with E-state index in [1.54, 1.807) is 10.7 Å². The highest BCUT2D eigenvalue weighted by Crippen LogP contribution is 2.26. The Morgan fingerprint density at radius 1 is 1.30 bits per heavy atom. The molecule has 20 heavy (non-hydrogen) atoms. The average Bonchev–Trinajstić information content (AvgIpc) is 2.92. The van der Waals surface area contributed by atoms with E-state index < -0.39 is 0 Å². The minimum atomic E-state index is -0.266. The molecule has 0 spiro atoms. The van der Waals surface area contributed by atoms with Crippen LogP contribution in [0.4, 0.5) is 0 Å². The Labute approximate surface area is 122 Å². The lowest BCUT2D eigenvalue weighted by Crippen LogP contribution is -2.12. The summed E-state index contributed by atoms with van der Waals surface area (Å²) in [4.78, 5) is 4.21. The minimum Gasteiger partial charge on any atom is -0.244 e. The number of benzene rings is 1. The lowest BCUT2D eigenvalue weighted by molar-refractivity contribution is 0.479. The summed E-state index contributed by atoms with van der Waals surface area (Å²) in [6.45, 7) is 0.402. The van der Waals surface area contributed by atoms with Crippen LogP contribution in [0.3, 0.4) is 0 Å². The summed E-state index contributed by atoms with van der Waals surface area (Å²) in [7, 11) is 0. The van der Waals surface area contributed by atoms with Crippen LogP contribution in [-0.4, -0.2) is 14.8 Å². The van der Waals surface area contributed by atoms with Crippen LogP contribution in [0.15, 0.2) is 30.6 Å². The molecule has 1 aromatic carbocycles. The highest BCUT2D eigenvalue weighted by Gasteiger charge is 2.15. The SMILES string of the molecule is N#CCC[C@H](C#N)Cn1ncnc1-c1ccccc1Cl. The summed E-state index contributed by atoms with van der Waals surface area (Å²) < 4.78 is 1.66. The largest absolute Gasteiger partial charge is 0.244 e. The van der Waals surface area contributed by atoms with E-state index >= 15 is 0 Å². The second kappa shape index (κ2) is 6.70. The van der Waals surface area contributed by atoms with Gasteiger partial charge in [-0.05, 0) is 18.6 Å². The molecule has 0 radical (unpaired) electrons. The lowest BCUT2D eigenvalue weighted by atomic mass is 10.1. The van der Waals surface area contributed by atoms with Crippen molar-refractivity contribution in [3.8, 4) is 23.5 Å². The first-order valence-corrected chi connectivity index (χ1v) is 6.53. The summed E-state index contributed by atoms with van der Waals surface area (Å²) in [5.74, 6) is 0.366. The Balaban J connectivity index is 2.24. The van der Waals surface area contributed by atoms with E-state index in [0.29, 0.717) is 30.2 Å². The van der Waals surface area contributed by atoms with Crippen LogP contribution in [-0.2, 0) is 6.54 Å². The van der Waals surface area contributed by atoms with E-state index in [1.807, 2.05) is 18.2 Å². The second-order valence-corrected chi connectivity index (χ2v) is 4.68. The molecule has 0 fully saturated rings. The predicted octanol–water partition coefficient (Wildman–Crippen LogP) is 3.04. The van der Waals surface area contributed by atoms with Crippen molar-refractivity contribution < 1.29 is 0 Å². The third kappa shape index (κ3) is 3.14. The molecule has 0 aliphatic carbocycles. The molecule has 0 aliphatic heterocycles. The van der Waals surface area contributed by atoms with Crippen molar-refractivity contribution in [3.05, 3.63) is 35.6 Å². The van der Waals surface area contributed by atoms with Crippen LogP contribution in [0.5, 0.6) is 0 Å². The monoisotopic (exact) mass is 285 g/mol. The van der Waals surface area contributed by atoms with Crippen molar-refractivity contribution in [1.29, 1.82) is 10.5 Å². The van der Waals surface area contributed by atoms with Crippen LogP contribution in [0.1, 0.15) is 12.8 Å². The van der Waals surface area contributed by atoms with Gasteiger partial charge in [0, 0.05) is 12.0 Å². The second-order valence-electron chi connectivity index (χ2n) is 4.27. The first kappa shape index (κ1) is 14.0. The number of halogens is 1. The molecule has 1 aromatic heterocycles. The van der Waals surface area contributed by atoms with Gasteiger partial charge >= 0.3 is 0 Å². The fourth-order valence-corrected chi connectivity index (χ4v) is 2.11. The van der Waals surface area contributed by atoms with Gasteiger partial charge in [0.05, 0.1) is 29.6 Å². The summed E-state index contributed by atoms with van der Waals surface area (Å²) in [5, 5.41) is 22.4. The maximum absolute atomic E-state index is 9.12. The molecule has 0 saturated carbocycles. The van der Waals surface area contributed by atoms with Gasteiger partial charge in [-0.3, -0.25) is 0 Å². The van der Waals surface area contributed by atoms with E-state index in [0.717, 1.165) is 5.56 Å². The van der Waals surface area contributed by atoms with Crippen LogP contribution in [0.25, 0.3) is 11.4 Å². The van der Waals surface area contributed by atoms with E-state index in [4.69, 9.17) is 22.1 Å². The zero-order chi connectivity index (χ0) is 14.4. The first-order valence-electron chi connectivity index (χ1n) is 6.15. The molecular weight excluding hydrogens is 274 g/mol. The maximum Gasteiger partial charge on any atom is 0.159 e. The molecule has 0 saturated heterocycles. The van der Waals surface area contributed by atoms with E-state index in [9.17, 15) is 0 Å². The third-order valence-corrected chi connectivity index (χ3v) is 3.24. The smallest absolute Gasteiger partial charge is 0.159 e. The Bertz CT molecular complexity index is 665. The Morgan fingerprint density at radius 2 is 2.10 bits per heavy atom. The molecule has 2 rings (SSSR count). The molecule has 100 valence electrons. The van der Waals surface area contributed by atoms with Crippen molar-refractivity contribution in [1.82, 2.24) is 14.8 Å². The summed E-state index contributed by atoms with van der Waals surface area (Å²) in [5.41, 5.74) is 0.781. The number of hydrogen-bond acceptors (Lipinski definition) is 4. The van der Waals surface area contributed by atoms with Crippen molar-refractivity contribution >= 4 is 11.6 Å². The zero-order valence-corrected chi connectivity index (χ0v) is 11.5. The van der Waals surface area contributed by atoms with E-state index in [1.165, 1.54) is 6.33 Å². The third-order valence-electron chi connectivity index (χ3n) is 2.91. The van der Waals surface area contributed by atoms with Crippen molar-refractivity contribution in [2.75, 3.05) is 0 Å². The topological polar surface area (TPSA) is 78.3 Å². The average molecular weight is 286 g/mol. The van der Waals surface area contributed by atoms with Gasteiger partial charge in [-0.25, -0.2) is 9.67 Å². The van der Waals surface area contributed by atoms with E-state index in [2.05, 4.69) is 22.2 Å². The molecule has 1 heterocycles. The molecule has 6 heteroatoms. The number of nitrogens with zero attached hydrogens (tertiary/aromatic N) is 5. The van der Waals surface area contributed by atoms with Gasteiger partial charge in [0.15, 0.2) is 5.82 Å². The highest BCUT2D eigenvalue weighted by atomic mass is 35.5. The van der Waals surface area contributed by atoms with Gasteiger partial charge in [0.25, 0.3) is 0 Å². The van der Waals surface area contributed by atoms with Crippen LogP contribution >= 0.6 is 11.6 Å². The van der Waals surface area contributed by atoms with Gasteiger partial charge in [0.2, 0.25) is 0 Å². The van der Waals surface area contributed by atoms with Gasteiger partial charge in [-0.1, -0.05) is 23.7 Å². The molecule has 5 nitrogen and oxygen atoms in total. The Kier molecular flexibility index (Phi) is 4.70. The first-order chi connectivity index (χ1) is 9.76. The number of nitriles is 2. The Hall–Kier alpha value is -2.37. The molecule has 0 N–H and O–H groups in total. The number of hydrogen-bond donors (Lipinski definition) is 0. The van der Waals surface area contributed by atoms with Gasteiger partial charge < -0.3 is 0 Å². The van der Waals surface area contributed by atoms with Crippen LogP contribution in [0, 0.1) is 28.6 Å². The normalized spacial score (nSPS) is 11.6. The summed E-state index contributed by atoms with van der Waals surface area (Å²) in [6, 6.07) is 11.6. The minimum absolute atomic E-state index is 0.266. The molecule has 0 aliphatic rings. The van der Waals surface area contributed by atoms with Crippen LogP contribution in [0.2, 0.25) is 5.02 Å².